The summed E-state index contributed by atoms with van der Waals surface area (Å²) in [4.78, 5) is 12.4. The molecule has 5 atom stereocenters. The van der Waals surface area contributed by atoms with Crippen LogP contribution in [0.5, 0.6) is 0 Å². The van der Waals surface area contributed by atoms with Crippen LogP contribution in [0.15, 0.2) is 30.3 Å². The number of benzene rings is 1. The zero-order valence-corrected chi connectivity index (χ0v) is 12.0. The van der Waals surface area contributed by atoms with E-state index in [1.807, 2.05) is 51.1 Å². The number of nitrogens with zero attached hydrogens (tertiary/aromatic N) is 1. The molecule has 1 heterocycles. The maximum atomic E-state index is 12.4. The summed E-state index contributed by atoms with van der Waals surface area (Å²) in [7, 11) is 0. The highest BCUT2D eigenvalue weighted by molar-refractivity contribution is 5.80. The van der Waals surface area contributed by atoms with Crippen LogP contribution in [0, 0.1) is 23.2 Å². The number of rotatable bonds is 3. The minimum atomic E-state index is -0.612. The normalized spacial score (nSPS) is 30.5. The van der Waals surface area contributed by atoms with Crippen LogP contribution in [0.3, 0.4) is 0 Å². The fourth-order valence-electron chi connectivity index (χ4n) is 2.79. The summed E-state index contributed by atoms with van der Waals surface area (Å²) in [5.41, 5.74) is 0.801. The smallest absolute Gasteiger partial charge is 0.227 e. The molecule has 0 bridgehead atoms. The monoisotopic (exact) mass is 272 g/mol. The van der Waals surface area contributed by atoms with Crippen molar-refractivity contribution >= 4 is 5.91 Å². The Balaban J connectivity index is 2.09. The maximum Gasteiger partial charge on any atom is 0.227 e. The zero-order valence-electron chi connectivity index (χ0n) is 12.0. The average Bonchev–Trinajstić information content (AvgIpc) is 2.70. The maximum absolute atomic E-state index is 12.4. The molecule has 1 aromatic rings. The highest BCUT2D eigenvalue weighted by Crippen LogP contribution is 2.32. The van der Waals surface area contributed by atoms with Crippen molar-refractivity contribution in [2.75, 3.05) is 0 Å². The molecule has 0 saturated carbocycles. The molecule has 1 aliphatic rings. The van der Waals surface area contributed by atoms with Crippen molar-refractivity contribution < 1.29 is 9.53 Å². The fraction of sp³-hybridized carbons (Fsp3) is 0.500. The third-order valence-electron chi connectivity index (χ3n) is 4.09. The van der Waals surface area contributed by atoms with E-state index in [4.69, 9.17) is 4.74 Å². The molecule has 0 aromatic heterocycles. The molecule has 1 fully saturated rings. The molecular formula is C16H20N2O2. The Morgan fingerprint density at radius 1 is 1.25 bits per heavy atom. The Labute approximate surface area is 119 Å². The van der Waals surface area contributed by atoms with Crippen LogP contribution >= 0.6 is 0 Å². The van der Waals surface area contributed by atoms with Gasteiger partial charge in [0.2, 0.25) is 5.91 Å². The highest BCUT2D eigenvalue weighted by Gasteiger charge is 2.42. The number of ether oxygens (including phenoxy) is 1. The number of carbonyl (C=O) groups is 1. The Bertz CT molecular complexity index is 509. The van der Waals surface area contributed by atoms with Crippen LogP contribution in [0.1, 0.15) is 32.4 Å². The number of hydrogen-bond donors (Lipinski definition) is 1. The van der Waals surface area contributed by atoms with E-state index >= 15 is 0 Å². The van der Waals surface area contributed by atoms with Crippen molar-refractivity contribution in [3.05, 3.63) is 35.9 Å². The number of hydrogen-bond acceptors (Lipinski definition) is 3. The summed E-state index contributed by atoms with van der Waals surface area (Å²) in [6.07, 6.45) is -0.0480. The van der Waals surface area contributed by atoms with Crippen LogP contribution in [-0.2, 0) is 9.53 Å². The van der Waals surface area contributed by atoms with Crippen molar-refractivity contribution in [1.29, 1.82) is 5.26 Å². The Morgan fingerprint density at radius 2 is 1.90 bits per heavy atom. The Morgan fingerprint density at radius 3 is 2.40 bits per heavy atom. The van der Waals surface area contributed by atoms with Crippen LogP contribution < -0.4 is 5.32 Å². The van der Waals surface area contributed by atoms with Gasteiger partial charge >= 0.3 is 0 Å². The summed E-state index contributed by atoms with van der Waals surface area (Å²) in [5.74, 6) is -0.158. The van der Waals surface area contributed by atoms with Gasteiger partial charge in [0, 0.05) is 0 Å². The number of carbonyl (C=O) groups excluding carboxylic acids is 1. The van der Waals surface area contributed by atoms with Gasteiger partial charge in [-0.15, -0.1) is 0 Å². The van der Waals surface area contributed by atoms with Gasteiger partial charge in [0.1, 0.15) is 6.04 Å². The van der Waals surface area contributed by atoms with Crippen molar-refractivity contribution in [3.8, 4) is 6.07 Å². The van der Waals surface area contributed by atoms with Crippen molar-refractivity contribution in [1.82, 2.24) is 5.32 Å². The third-order valence-corrected chi connectivity index (χ3v) is 4.09. The lowest BCUT2D eigenvalue weighted by Gasteiger charge is -2.20. The topological polar surface area (TPSA) is 62.1 Å². The number of amides is 1. The molecule has 1 saturated heterocycles. The molecule has 1 aliphatic heterocycles. The van der Waals surface area contributed by atoms with E-state index in [2.05, 4.69) is 11.4 Å². The number of nitriles is 1. The molecule has 1 aromatic carbocycles. The van der Waals surface area contributed by atoms with Gasteiger partial charge in [0.25, 0.3) is 0 Å². The van der Waals surface area contributed by atoms with Gasteiger partial charge in [-0.1, -0.05) is 37.3 Å². The minimum absolute atomic E-state index is 0.0676. The predicted molar refractivity (Wildman–Crippen MR) is 75.6 cm³/mol. The van der Waals surface area contributed by atoms with Gasteiger partial charge in [-0.25, -0.2) is 0 Å². The summed E-state index contributed by atoms with van der Waals surface area (Å²) in [6.45, 7) is 5.91. The quantitative estimate of drug-likeness (QED) is 0.919. The van der Waals surface area contributed by atoms with E-state index < -0.39 is 6.04 Å². The highest BCUT2D eigenvalue weighted by atomic mass is 16.5. The van der Waals surface area contributed by atoms with Gasteiger partial charge in [0.15, 0.2) is 0 Å². The minimum Gasteiger partial charge on any atom is -0.374 e. The number of nitrogens with one attached hydrogen (secondary N) is 1. The van der Waals surface area contributed by atoms with Crippen molar-refractivity contribution in [2.24, 2.45) is 11.8 Å². The molecule has 0 radical (unpaired) electrons. The Hall–Kier alpha value is -1.86. The van der Waals surface area contributed by atoms with Crippen molar-refractivity contribution in [3.63, 3.8) is 0 Å². The van der Waals surface area contributed by atoms with Gasteiger partial charge in [-0.3, -0.25) is 4.79 Å². The molecule has 0 aliphatic carbocycles. The second-order valence-electron chi connectivity index (χ2n) is 5.41. The standard InChI is InChI=1S/C16H20N2O2/c1-10-11(2)20-12(3)15(10)16(19)18-14(9-17)13-7-5-4-6-8-13/h4-8,10-12,14-15H,1-3H3,(H,18,19). The summed E-state index contributed by atoms with van der Waals surface area (Å²) in [5, 5.41) is 12.1. The second kappa shape index (κ2) is 6.06. The predicted octanol–water partition coefficient (Wildman–Crippen LogP) is 2.43. The lowest BCUT2D eigenvalue weighted by atomic mass is 9.88. The molecule has 1 amide bonds. The fourth-order valence-corrected chi connectivity index (χ4v) is 2.79. The van der Waals surface area contributed by atoms with E-state index in [0.29, 0.717) is 0 Å². The van der Waals surface area contributed by atoms with Crippen LogP contribution in [0.2, 0.25) is 0 Å². The zero-order chi connectivity index (χ0) is 14.7. The van der Waals surface area contributed by atoms with E-state index in [1.165, 1.54) is 0 Å². The molecular weight excluding hydrogens is 252 g/mol. The van der Waals surface area contributed by atoms with Crippen LogP contribution in [-0.4, -0.2) is 18.1 Å². The van der Waals surface area contributed by atoms with Gasteiger partial charge in [-0.2, -0.15) is 5.26 Å². The molecule has 106 valence electrons. The summed E-state index contributed by atoms with van der Waals surface area (Å²) >= 11 is 0. The first-order chi connectivity index (χ1) is 9.54. The van der Waals surface area contributed by atoms with Gasteiger partial charge in [0.05, 0.1) is 24.2 Å². The average molecular weight is 272 g/mol. The molecule has 5 unspecified atom stereocenters. The summed E-state index contributed by atoms with van der Waals surface area (Å²) < 4.78 is 5.68. The first-order valence-corrected chi connectivity index (χ1v) is 6.95. The van der Waals surface area contributed by atoms with E-state index in [-0.39, 0.29) is 30.0 Å². The van der Waals surface area contributed by atoms with E-state index in [9.17, 15) is 10.1 Å². The molecule has 20 heavy (non-hydrogen) atoms. The van der Waals surface area contributed by atoms with E-state index in [1.54, 1.807) is 0 Å². The first-order valence-electron chi connectivity index (χ1n) is 6.95. The lowest BCUT2D eigenvalue weighted by Crippen LogP contribution is -2.38. The van der Waals surface area contributed by atoms with E-state index in [0.717, 1.165) is 5.56 Å². The molecule has 1 N–H and O–H groups in total. The molecule has 2 rings (SSSR count). The summed E-state index contributed by atoms with van der Waals surface area (Å²) in [6, 6.07) is 10.8. The molecule has 0 spiro atoms. The molecule has 4 heteroatoms. The lowest BCUT2D eigenvalue weighted by molar-refractivity contribution is -0.127. The van der Waals surface area contributed by atoms with Crippen LogP contribution in [0.25, 0.3) is 0 Å². The largest absolute Gasteiger partial charge is 0.374 e. The first kappa shape index (κ1) is 14.5. The SMILES string of the molecule is CC1OC(C)C(C(=O)NC(C#N)c2ccccc2)C1C. The van der Waals surface area contributed by atoms with Gasteiger partial charge in [-0.05, 0) is 25.3 Å². The van der Waals surface area contributed by atoms with Crippen molar-refractivity contribution in [2.45, 2.75) is 39.0 Å². The third kappa shape index (κ3) is 2.83. The van der Waals surface area contributed by atoms with Gasteiger partial charge < -0.3 is 10.1 Å². The Kier molecular flexibility index (Phi) is 4.41. The van der Waals surface area contributed by atoms with Crippen LogP contribution in [0.4, 0.5) is 0 Å². The molecule has 4 nitrogen and oxygen atoms in total. The second-order valence-corrected chi connectivity index (χ2v) is 5.41.